The van der Waals surface area contributed by atoms with E-state index in [2.05, 4.69) is 59.3 Å². The van der Waals surface area contributed by atoms with Crippen LogP contribution in [0.1, 0.15) is 34.5 Å². The van der Waals surface area contributed by atoms with Crippen LogP contribution in [-0.2, 0) is 11.3 Å². The first kappa shape index (κ1) is 22.1. The Balaban J connectivity index is 0.00000256. The summed E-state index contributed by atoms with van der Waals surface area (Å²) in [6.45, 7) is 10.7. The number of carbonyl (C=O) groups excluding carboxylic acids is 1. The van der Waals surface area contributed by atoms with Crippen LogP contribution in [0.5, 0.6) is 0 Å². The van der Waals surface area contributed by atoms with Crippen LogP contribution >= 0.6 is 12.4 Å². The normalized spacial score (nSPS) is 15.8. The van der Waals surface area contributed by atoms with E-state index in [0.717, 1.165) is 47.9 Å². The van der Waals surface area contributed by atoms with Gasteiger partial charge in [0.2, 0.25) is 5.91 Å². The summed E-state index contributed by atoms with van der Waals surface area (Å²) >= 11 is 0. The number of anilines is 2. The van der Waals surface area contributed by atoms with Gasteiger partial charge in [0.15, 0.2) is 5.65 Å². The highest BCUT2D eigenvalue weighted by Gasteiger charge is 2.23. The first-order valence-electron chi connectivity index (χ1n) is 10.2. The summed E-state index contributed by atoms with van der Waals surface area (Å²) in [4.78, 5) is 17.4. The van der Waals surface area contributed by atoms with E-state index in [4.69, 9.17) is 4.98 Å². The highest BCUT2D eigenvalue weighted by molar-refractivity contribution is 5.94. The summed E-state index contributed by atoms with van der Waals surface area (Å²) in [5, 5.41) is 9.92. The minimum absolute atomic E-state index is 0. The lowest BCUT2D eigenvalue weighted by molar-refractivity contribution is -0.119. The van der Waals surface area contributed by atoms with Crippen LogP contribution in [-0.4, -0.2) is 28.4 Å². The van der Waals surface area contributed by atoms with Crippen LogP contribution in [0.15, 0.2) is 30.5 Å². The molecule has 1 aromatic carbocycles. The van der Waals surface area contributed by atoms with Gasteiger partial charge in [0.25, 0.3) is 0 Å². The van der Waals surface area contributed by atoms with Gasteiger partial charge in [0.05, 0.1) is 23.0 Å². The van der Waals surface area contributed by atoms with Crippen molar-refractivity contribution < 1.29 is 4.79 Å². The van der Waals surface area contributed by atoms with Crippen LogP contribution in [0.3, 0.4) is 0 Å². The molecule has 1 amide bonds. The molecule has 4 rings (SSSR count). The van der Waals surface area contributed by atoms with Gasteiger partial charge in [0.1, 0.15) is 0 Å². The maximum absolute atomic E-state index is 12.6. The van der Waals surface area contributed by atoms with Crippen LogP contribution in [0.4, 0.5) is 11.4 Å². The largest absolute Gasteiger partial charge is 0.378 e. The standard InChI is InChI=1S/C23H29N5O.ClH/c1-14-6-5-7-15(2)20(14)12-25-21-10-19(27-23(29)18-8-9-24-11-18)13-28-17(4)16(3)26-22(21)28;/h5-7,10,13,18,24-25H,8-9,11-12H2,1-4H3,(H,27,29);1H/t18-;/m0./s1. The molecule has 1 aliphatic rings. The Bertz CT molecular complexity index is 1050. The van der Waals surface area contributed by atoms with Crippen molar-refractivity contribution >= 4 is 35.3 Å². The maximum Gasteiger partial charge on any atom is 0.228 e. The Morgan fingerprint density at radius 1 is 1.23 bits per heavy atom. The van der Waals surface area contributed by atoms with Gasteiger partial charge in [-0.1, -0.05) is 18.2 Å². The molecule has 0 bridgehead atoms. The average Bonchev–Trinajstić information content (AvgIpc) is 3.31. The Kier molecular flexibility index (Phi) is 6.68. The Labute approximate surface area is 183 Å². The number of carbonyl (C=O) groups is 1. The minimum Gasteiger partial charge on any atom is -0.378 e. The maximum atomic E-state index is 12.6. The van der Waals surface area contributed by atoms with E-state index in [-0.39, 0.29) is 24.2 Å². The van der Waals surface area contributed by atoms with Gasteiger partial charge in [-0.3, -0.25) is 4.79 Å². The minimum atomic E-state index is 0. The number of pyridine rings is 1. The second-order valence-electron chi connectivity index (χ2n) is 8.02. The van der Waals surface area contributed by atoms with E-state index in [0.29, 0.717) is 6.54 Å². The van der Waals surface area contributed by atoms with E-state index in [9.17, 15) is 4.79 Å². The summed E-state index contributed by atoms with van der Waals surface area (Å²) in [5.74, 6) is 0.104. The zero-order chi connectivity index (χ0) is 20.5. The molecule has 3 N–H and O–H groups in total. The Hall–Kier alpha value is -2.57. The van der Waals surface area contributed by atoms with Crippen molar-refractivity contribution in [2.45, 2.75) is 40.7 Å². The van der Waals surface area contributed by atoms with Gasteiger partial charge in [-0.05, 0) is 63.4 Å². The number of aromatic nitrogens is 2. The topological polar surface area (TPSA) is 70.5 Å². The van der Waals surface area contributed by atoms with Gasteiger partial charge < -0.3 is 20.4 Å². The van der Waals surface area contributed by atoms with E-state index in [1.54, 1.807) is 0 Å². The van der Waals surface area contributed by atoms with Crippen molar-refractivity contribution in [3.63, 3.8) is 0 Å². The van der Waals surface area contributed by atoms with Crippen molar-refractivity contribution in [3.8, 4) is 0 Å². The fraction of sp³-hybridized carbons (Fsp3) is 0.391. The molecule has 0 radical (unpaired) electrons. The van der Waals surface area contributed by atoms with Crippen molar-refractivity contribution in [1.82, 2.24) is 14.7 Å². The molecule has 2 aromatic heterocycles. The summed E-state index contributed by atoms with van der Waals surface area (Å²) in [6, 6.07) is 8.35. The quantitative estimate of drug-likeness (QED) is 0.572. The summed E-state index contributed by atoms with van der Waals surface area (Å²) in [6.07, 6.45) is 2.85. The average molecular weight is 428 g/mol. The molecule has 1 saturated heterocycles. The first-order valence-corrected chi connectivity index (χ1v) is 10.2. The molecular formula is C23H30ClN5O. The van der Waals surface area contributed by atoms with Crippen LogP contribution < -0.4 is 16.0 Å². The third kappa shape index (κ3) is 4.30. The van der Waals surface area contributed by atoms with Crippen molar-refractivity contribution in [1.29, 1.82) is 0 Å². The third-order valence-electron chi connectivity index (χ3n) is 5.99. The monoisotopic (exact) mass is 427 g/mol. The molecule has 3 aromatic rings. The van der Waals surface area contributed by atoms with E-state index in [1.165, 1.54) is 16.7 Å². The third-order valence-corrected chi connectivity index (χ3v) is 5.99. The molecule has 6 nitrogen and oxygen atoms in total. The molecule has 0 spiro atoms. The number of benzene rings is 1. The number of fused-ring (bicyclic) bond motifs is 1. The lowest BCUT2D eigenvalue weighted by Crippen LogP contribution is -2.24. The van der Waals surface area contributed by atoms with Crippen LogP contribution in [0, 0.1) is 33.6 Å². The molecule has 0 aliphatic carbocycles. The fourth-order valence-electron chi connectivity index (χ4n) is 4.00. The lowest BCUT2D eigenvalue weighted by Gasteiger charge is -2.15. The number of rotatable bonds is 5. The van der Waals surface area contributed by atoms with E-state index < -0.39 is 0 Å². The number of aryl methyl sites for hydroxylation is 4. The molecule has 0 unspecified atom stereocenters. The zero-order valence-electron chi connectivity index (χ0n) is 18.0. The molecular weight excluding hydrogens is 398 g/mol. The molecule has 30 heavy (non-hydrogen) atoms. The predicted octanol–water partition coefficient (Wildman–Crippen LogP) is 4.15. The molecule has 1 fully saturated rings. The second-order valence-corrected chi connectivity index (χ2v) is 8.02. The number of hydrogen-bond acceptors (Lipinski definition) is 4. The highest BCUT2D eigenvalue weighted by Crippen LogP contribution is 2.26. The van der Waals surface area contributed by atoms with Gasteiger partial charge in [-0.25, -0.2) is 4.98 Å². The zero-order valence-corrected chi connectivity index (χ0v) is 18.8. The van der Waals surface area contributed by atoms with Crippen molar-refractivity contribution in [2.75, 3.05) is 23.7 Å². The predicted molar refractivity (Wildman–Crippen MR) is 125 cm³/mol. The Morgan fingerprint density at radius 3 is 2.63 bits per heavy atom. The molecule has 7 heteroatoms. The number of nitrogens with one attached hydrogen (secondary N) is 3. The smallest absolute Gasteiger partial charge is 0.228 e. The van der Waals surface area contributed by atoms with Gasteiger partial charge in [-0.2, -0.15) is 0 Å². The number of nitrogens with zero attached hydrogens (tertiary/aromatic N) is 2. The summed E-state index contributed by atoms with van der Waals surface area (Å²) in [7, 11) is 0. The number of halogens is 1. The van der Waals surface area contributed by atoms with E-state index >= 15 is 0 Å². The highest BCUT2D eigenvalue weighted by atomic mass is 35.5. The second kappa shape index (κ2) is 9.06. The van der Waals surface area contributed by atoms with Crippen LogP contribution in [0.25, 0.3) is 5.65 Å². The molecule has 0 saturated carbocycles. The van der Waals surface area contributed by atoms with Gasteiger partial charge >= 0.3 is 0 Å². The molecule has 160 valence electrons. The van der Waals surface area contributed by atoms with Crippen LogP contribution in [0.2, 0.25) is 0 Å². The lowest BCUT2D eigenvalue weighted by atomic mass is 10.0. The van der Waals surface area contributed by atoms with E-state index in [1.807, 2.05) is 19.2 Å². The molecule has 1 atom stereocenters. The first-order chi connectivity index (χ1) is 13.9. The SMILES string of the molecule is Cc1cccc(C)c1CNc1cc(NC(=O)[C@H]2CCNC2)cn2c(C)c(C)nc12.Cl. The Morgan fingerprint density at radius 2 is 1.97 bits per heavy atom. The van der Waals surface area contributed by atoms with Crippen molar-refractivity contribution in [2.24, 2.45) is 5.92 Å². The number of imidazole rings is 1. The number of amides is 1. The van der Waals surface area contributed by atoms with Crippen molar-refractivity contribution in [3.05, 3.63) is 58.5 Å². The number of hydrogen-bond donors (Lipinski definition) is 3. The molecule has 3 heterocycles. The van der Waals surface area contributed by atoms with Gasteiger partial charge in [-0.15, -0.1) is 12.4 Å². The van der Waals surface area contributed by atoms with Gasteiger partial charge in [0, 0.05) is 25.0 Å². The summed E-state index contributed by atoms with van der Waals surface area (Å²) < 4.78 is 2.06. The molecule has 1 aliphatic heterocycles. The fourth-order valence-corrected chi connectivity index (χ4v) is 4.00. The summed E-state index contributed by atoms with van der Waals surface area (Å²) in [5.41, 5.74) is 8.48.